The molecule has 0 saturated carbocycles. The van der Waals surface area contributed by atoms with Crippen molar-refractivity contribution in [3.8, 4) is 11.3 Å². The molecule has 3 N–H and O–H groups in total. The van der Waals surface area contributed by atoms with Gasteiger partial charge in [-0.05, 0) is 49.2 Å². The summed E-state index contributed by atoms with van der Waals surface area (Å²) >= 11 is 0. The van der Waals surface area contributed by atoms with Gasteiger partial charge in [-0.1, -0.05) is 42.5 Å². The molecule has 4 aromatic rings. The van der Waals surface area contributed by atoms with Gasteiger partial charge in [0.15, 0.2) is 0 Å². The van der Waals surface area contributed by atoms with Gasteiger partial charge in [0, 0.05) is 22.7 Å². The first kappa shape index (κ1) is 17.6. The first-order valence-electron chi connectivity index (χ1n) is 9.33. The molecule has 27 heavy (non-hydrogen) atoms. The monoisotopic (exact) mass is 360 g/mol. The number of benzene rings is 2. The van der Waals surface area contributed by atoms with Crippen LogP contribution in [0, 0.1) is 0 Å². The first-order chi connectivity index (χ1) is 13.2. The van der Waals surface area contributed by atoms with E-state index >= 15 is 0 Å². The van der Waals surface area contributed by atoms with Crippen LogP contribution in [-0.2, 0) is 13.0 Å². The van der Waals surface area contributed by atoms with Crippen LogP contribution in [0.2, 0.25) is 0 Å². The number of aromatic amines is 1. The maximum Gasteiger partial charge on any atom is 0.134 e. The van der Waals surface area contributed by atoms with E-state index < -0.39 is 6.10 Å². The predicted molar refractivity (Wildman–Crippen MR) is 108 cm³/mol. The van der Waals surface area contributed by atoms with Crippen molar-refractivity contribution < 1.29 is 9.52 Å². The summed E-state index contributed by atoms with van der Waals surface area (Å²) in [7, 11) is 0. The molecular weight excluding hydrogens is 336 g/mol. The minimum Gasteiger partial charge on any atom is -0.460 e. The molecule has 1 atom stereocenters. The van der Waals surface area contributed by atoms with Crippen molar-refractivity contribution in [1.82, 2.24) is 10.3 Å². The third-order valence-corrected chi connectivity index (χ3v) is 4.88. The molecule has 4 heteroatoms. The Kier molecular flexibility index (Phi) is 5.10. The highest BCUT2D eigenvalue weighted by molar-refractivity contribution is 5.83. The number of aromatic nitrogens is 1. The van der Waals surface area contributed by atoms with Crippen molar-refractivity contribution in [3.05, 3.63) is 83.7 Å². The average Bonchev–Trinajstić information content (AvgIpc) is 3.33. The summed E-state index contributed by atoms with van der Waals surface area (Å²) in [5.74, 6) is 1.77. The Hall–Kier alpha value is -2.82. The number of H-pyrrole nitrogens is 1. The standard InChI is InChI=1S/C23H24N2O2/c1-16(26)17-6-8-18(9-7-17)23-11-10-20(27-23)15-24-13-12-19-14-25-22-5-3-2-4-21(19)22/h2-11,14,16,24-26H,12-13,15H2,1H3/t16-/m0/s1. The van der Waals surface area contributed by atoms with Gasteiger partial charge in [0.1, 0.15) is 11.5 Å². The number of nitrogens with one attached hydrogen (secondary N) is 2. The Morgan fingerprint density at radius 3 is 2.67 bits per heavy atom. The summed E-state index contributed by atoms with van der Waals surface area (Å²) in [4.78, 5) is 3.32. The van der Waals surface area contributed by atoms with E-state index in [1.165, 1.54) is 16.5 Å². The van der Waals surface area contributed by atoms with Crippen molar-refractivity contribution in [3.63, 3.8) is 0 Å². The second-order valence-corrected chi connectivity index (χ2v) is 6.85. The van der Waals surface area contributed by atoms with E-state index in [0.717, 1.165) is 35.6 Å². The van der Waals surface area contributed by atoms with E-state index in [1.54, 1.807) is 6.92 Å². The van der Waals surface area contributed by atoms with Crippen LogP contribution in [0.15, 0.2) is 71.3 Å². The highest BCUT2D eigenvalue weighted by Crippen LogP contribution is 2.24. The summed E-state index contributed by atoms with van der Waals surface area (Å²) in [5, 5.41) is 14.3. The van der Waals surface area contributed by atoms with Crippen LogP contribution in [-0.4, -0.2) is 16.6 Å². The number of hydrogen-bond acceptors (Lipinski definition) is 3. The summed E-state index contributed by atoms with van der Waals surface area (Å²) in [5.41, 5.74) is 4.44. The molecule has 4 nitrogen and oxygen atoms in total. The summed E-state index contributed by atoms with van der Waals surface area (Å²) in [6.07, 6.45) is 2.61. The minimum atomic E-state index is -0.451. The molecule has 138 valence electrons. The fourth-order valence-corrected chi connectivity index (χ4v) is 3.33. The minimum absolute atomic E-state index is 0.451. The average molecular weight is 360 g/mol. The van der Waals surface area contributed by atoms with E-state index in [4.69, 9.17) is 4.42 Å². The van der Waals surface area contributed by atoms with Crippen molar-refractivity contribution >= 4 is 10.9 Å². The number of aliphatic hydroxyl groups is 1. The molecule has 0 fully saturated rings. The molecule has 0 aliphatic heterocycles. The quantitative estimate of drug-likeness (QED) is 0.414. The largest absolute Gasteiger partial charge is 0.460 e. The second kappa shape index (κ2) is 7.82. The normalized spacial score (nSPS) is 12.5. The van der Waals surface area contributed by atoms with Gasteiger partial charge in [-0.15, -0.1) is 0 Å². The molecule has 0 aliphatic rings. The van der Waals surface area contributed by atoms with E-state index in [9.17, 15) is 5.11 Å². The van der Waals surface area contributed by atoms with Crippen LogP contribution in [0.25, 0.3) is 22.2 Å². The van der Waals surface area contributed by atoms with Crippen LogP contribution in [0.4, 0.5) is 0 Å². The molecular formula is C23H24N2O2. The lowest BCUT2D eigenvalue weighted by atomic mass is 10.1. The molecule has 2 aromatic carbocycles. The Bertz CT molecular complexity index is 1010. The van der Waals surface area contributed by atoms with E-state index in [0.29, 0.717) is 6.54 Å². The molecule has 0 radical (unpaired) electrons. The molecule has 0 unspecified atom stereocenters. The fraction of sp³-hybridized carbons (Fsp3) is 0.217. The third-order valence-electron chi connectivity index (χ3n) is 4.88. The molecule has 4 rings (SSSR count). The highest BCUT2D eigenvalue weighted by Gasteiger charge is 2.07. The lowest BCUT2D eigenvalue weighted by Crippen LogP contribution is -2.16. The van der Waals surface area contributed by atoms with Gasteiger partial charge >= 0.3 is 0 Å². The Balaban J connectivity index is 1.32. The number of fused-ring (bicyclic) bond motifs is 1. The lowest BCUT2D eigenvalue weighted by Gasteiger charge is -2.05. The van der Waals surface area contributed by atoms with E-state index in [2.05, 4.69) is 34.7 Å². The number of rotatable bonds is 7. The van der Waals surface area contributed by atoms with Gasteiger partial charge in [-0.2, -0.15) is 0 Å². The summed E-state index contributed by atoms with van der Waals surface area (Å²) in [6.45, 7) is 3.36. The lowest BCUT2D eigenvalue weighted by molar-refractivity contribution is 0.199. The molecule has 2 heterocycles. The highest BCUT2D eigenvalue weighted by atomic mass is 16.3. The van der Waals surface area contributed by atoms with Crippen molar-refractivity contribution in [2.24, 2.45) is 0 Å². The van der Waals surface area contributed by atoms with Crippen molar-refractivity contribution in [1.29, 1.82) is 0 Å². The summed E-state index contributed by atoms with van der Waals surface area (Å²) < 4.78 is 5.95. The molecule has 0 bridgehead atoms. The number of para-hydroxylation sites is 1. The fourth-order valence-electron chi connectivity index (χ4n) is 3.33. The maximum atomic E-state index is 9.60. The Morgan fingerprint density at radius 1 is 1.04 bits per heavy atom. The number of furan rings is 1. The van der Waals surface area contributed by atoms with Crippen molar-refractivity contribution in [2.75, 3.05) is 6.54 Å². The van der Waals surface area contributed by atoms with Gasteiger partial charge in [-0.25, -0.2) is 0 Å². The topological polar surface area (TPSA) is 61.2 Å². The smallest absolute Gasteiger partial charge is 0.134 e. The molecule has 0 saturated heterocycles. The Labute approximate surface area is 158 Å². The van der Waals surface area contributed by atoms with Crippen LogP contribution in [0.1, 0.15) is 29.9 Å². The maximum absolute atomic E-state index is 9.60. The van der Waals surface area contributed by atoms with E-state index in [1.807, 2.05) is 42.5 Å². The summed E-state index contributed by atoms with van der Waals surface area (Å²) in [6, 6.07) is 20.2. The number of hydrogen-bond donors (Lipinski definition) is 3. The first-order valence-corrected chi connectivity index (χ1v) is 9.33. The SMILES string of the molecule is C[C@H](O)c1ccc(-c2ccc(CNCCc3c[nH]c4ccccc34)o2)cc1. The second-order valence-electron chi connectivity index (χ2n) is 6.85. The predicted octanol–water partition coefficient (Wildman–Crippen LogP) is 4.81. The molecule has 0 amide bonds. The van der Waals surface area contributed by atoms with Crippen LogP contribution < -0.4 is 5.32 Å². The van der Waals surface area contributed by atoms with Gasteiger partial charge < -0.3 is 19.8 Å². The third kappa shape index (κ3) is 3.97. The molecule has 2 aromatic heterocycles. The Morgan fingerprint density at radius 2 is 1.85 bits per heavy atom. The van der Waals surface area contributed by atoms with Crippen molar-refractivity contribution in [2.45, 2.75) is 26.0 Å². The van der Waals surface area contributed by atoms with Crippen LogP contribution >= 0.6 is 0 Å². The zero-order valence-corrected chi connectivity index (χ0v) is 15.4. The molecule has 0 spiro atoms. The van der Waals surface area contributed by atoms with Gasteiger partial charge in [0.2, 0.25) is 0 Å². The van der Waals surface area contributed by atoms with Crippen LogP contribution in [0.3, 0.4) is 0 Å². The molecule has 0 aliphatic carbocycles. The number of aliphatic hydroxyl groups excluding tert-OH is 1. The van der Waals surface area contributed by atoms with Crippen LogP contribution in [0.5, 0.6) is 0 Å². The zero-order chi connectivity index (χ0) is 18.6. The van der Waals surface area contributed by atoms with Gasteiger partial charge in [-0.3, -0.25) is 0 Å². The van der Waals surface area contributed by atoms with Gasteiger partial charge in [0.25, 0.3) is 0 Å². The zero-order valence-electron chi connectivity index (χ0n) is 15.4. The van der Waals surface area contributed by atoms with Gasteiger partial charge in [0.05, 0.1) is 12.6 Å². The van der Waals surface area contributed by atoms with E-state index in [-0.39, 0.29) is 0 Å².